The number of likely N-dealkylation sites (tertiary alicyclic amines) is 1. The molecule has 3 heterocycles. The highest BCUT2D eigenvalue weighted by atomic mass is 19.4. The molecule has 1 saturated heterocycles. The van der Waals surface area contributed by atoms with Gasteiger partial charge in [-0.1, -0.05) is 0 Å². The fraction of sp³-hybridized carbons (Fsp3) is 0.542. The number of alkyl halides is 3. The lowest BCUT2D eigenvalue weighted by Crippen LogP contribution is -2.68. The van der Waals surface area contributed by atoms with Crippen LogP contribution in [0.1, 0.15) is 60.9 Å². The molecule has 33 heavy (non-hydrogen) atoms. The number of amides is 1. The molecule has 0 bridgehead atoms. The third-order valence-corrected chi connectivity index (χ3v) is 6.46. The molecule has 0 saturated carbocycles. The highest BCUT2D eigenvalue weighted by Gasteiger charge is 2.49. The Bertz CT molecular complexity index is 1050. The van der Waals surface area contributed by atoms with Crippen LogP contribution in [0.5, 0.6) is 5.75 Å². The van der Waals surface area contributed by atoms with Gasteiger partial charge in [0.1, 0.15) is 11.4 Å². The van der Waals surface area contributed by atoms with Crippen molar-refractivity contribution in [1.29, 1.82) is 0 Å². The van der Waals surface area contributed by atoms with Gasteiger partial charge in [0.15, 0.2) is 0 Å². The molecule has 3 N–H and O–H groups in total. The zero-order chi connectivity index (χ0) is 24.2. The van der Waals surface area contributed by atoms with Crippen molar-refractivity contribution in [3.63, 3.8) is 0 Å². The summed E-state index contributed by atoms with van der Waals surface area (Å²) in [4.78, 5) is 14.9. The van der Waals surface area contributed by atoms with Crippen LogP contribution in [-0.4, -0.2) is 40.2 Å². The average molecular weight is 465 g/mol. The van der Waals surface area contributed by atoms with Crippen LogP contribution in [0, 0.1) is 6.92 Å². The average Bonchev–Trinajstić information content (AvgIpc) is 3.13. The quantitative estimate of drug-likeness (QED) is 0.720. The fourth-order valence-electron chi connectivity index (χ4n) is 5.11. The van der Waals surface area contributed by atoms with E-state index >= 15 is 0 Å². The Kier molecular flexibility index (Phi) is 5.77. The number of nitrogens with one attached hydrogen (secondary N) is 1. The number of benzene rings is 1. The Morgan fingerprint density at radius 3 is 2.42 bits per heavy atom. The van der Waals surface area contributed by atoms with E-state index in [2.05, 4.69) is 5.32 Å². The molecule has 9 heteroatoms. The Labute approximate surface area is 191 Å². The first-order valence-electron chi connectivity index (χ1n) is 11.2. The molecular weight excluding hydrogens is 433 g/mol. The van der Waals surface area contributed by atoms with Crippen molar-refractivity contribution in [3.05, 3.63) is 52.8 Å². The molecule has 0 unspecified atom stereocenters. The maximum absolute atomic E-state index is 13.6. The molecule has 1 fully saturated rings. The van der Waals surface area contributed by atoms with Gasteiger partial charge in [-0.25, -0.2) is 0 Å². The predicted molar refractivity (Wildman–Crippen MR) is 119 cm³/mol. The monoisotopic (exact) mass is 464 g/mol. The minimum absolute atomic E-state index is 0.0264. The second kappa shape index (κ2) is 8.06. The van der Waals surface area contributed by atoms with Gasteiger partial charge in [0, 0.05) is 24.3 Å². The molecule has 1 spiro atoms. The van der Waals surface area contributed by atoms with Gasteiger partial charge >= 0.3 is 6.18 Å². The smallest absolute Gasteiger partial charge is 0.431 e. The van der Waals surface area contributed by atoms with E-state index in [4.69, 9.17) is 10.5 Å². The van der Waals surface area contributed by atoms with Gasteiger partial charge in [0.25, 0.3) is 5.91 Å². The van der Waals surface area contributed by atoms with Crippen molar-refractivity contribution in [2.75, 3.05) is 13.1 Å². The maximum Gasteiger partial charge on any atom is 0.431 e. The summed E-state index contributed by atoms with van der Waals surface area (Å²) < 4.78 is 47.7. The van der Waals surface area contributed by atoms with Crippen LogP contribution in [0.15, 0.2) is 30.3 Å². The van der Waals surface area contributed by atoms with E-state index in [0.29, 0.717) is 37.2 Å². The number of aromatic nitrogens is 1. The summed E-state index contributed by atoms with van der Waals surface area (Å²) in [5.41, 5.74) is 5.96. The molecule has 2 aliphatic heterocycles. The van der Waals surface area contributed by atoms with Gasteiger partial charge in [-0.2, -0.15) is 13.2 Å². The van der Waals surface area contributed by atoms with E-state index in [1.807, 2.05) is 32.9 Å². The van der Waals surface area contributed by atoms with Gasteiger partial charge in [0.2, 0.25) is 0 Å². The number of carbonyl (C=O) groups is 1. The molecule has 0 aliphatic carbocycles. The minimum atomic E-state index is -4.45. The van der Waals surface area contributed by atoms with Gasteiger partial charge in [-0.05, 0) is 76.4 Å². The molecule has 0 radical (unpaired) electrons. The maximum atomic E-state index is 13.6. The summed E-state index contributed by atoms with van der Waals surface area (Å²) in [6, 6.07) is 8.05. The zero-order valence-electron chi connectivity index (χ0n) is 19.4. The second-order valence-electron chi connectivity index (χ2n) is 9.75. The number of nitrogens with zero attached hydrogens (tertiary/aromatic N) is 2. The van der Waals surface area contributed by atoms with E-state index in [9.17, 15) is 18.0 Å². The molecule has 1 aromatic carbocycles. The number of halogens is 3. The predicted octanol–water partition coefficient (Wildman–Crippen LogP) is 4.01. The number of ether oxygens (including phenoxy) is 1. The van der Waals surface area contributed by atoms with Crippen LogP contribution in [0.4, 0.5) is 13.2 Å². The van der Waals surface area contributed by atoms with Crippen LogP contribution in [0.3, 0.4) is 0 Å². The highest BCUT2D eigenvalue weighted by Crippen LogP contribution is 2.42. The van der Waals surface area contributed by atoms with E-state index < -0.39 is 23.1 Å². The summed E-state index contributed by atoms with van der Waals surface area (Å²) in [5.74, 6) is 0.649. The number of hydrogen-bond donors (Lipinski definition) is 2. The zero-order valence-corrected chi connectivity index (χ0v) is 19.4. The number of nitrogens with two attached hydrogens (primary N) is 1. The molecule has 1 amide bonds. The van der Waals surface area contributed by atoms with Crippen molar-refractivity contribution in [2.45, 2.75) is 70.6 Å². The third kappa shape index (κ3) is 4.48. The van der Waals surface area contributed by atoms with Crippen LogP contribution < -0.4 is 15.8 Å². The number of carbonyl (C=O) groups excluding carboxylic acids is 1. The van der Waals surface area contributed by atoms with Gasteiger partial charge in [0.05, 0.1) is 23.9 Å². The summed E-state index contributed by atoms with van der Waals surface area (Å²) in [6.45, 7) is 8.36. The van der Waals surface area contributed by atoms with Gasteiger partial charge < -0.3 is 19.9 Å². The first-order chi connectivity index (χ1) is 15.3. The summed E-state index contributed by atoms with van der Waals surface area (Å²) in [6.07, 6.45) is -3.47. The van der Waals surface area contributed by atoms with Crippen LogP contribution in [0.25, 0.3) is 0 Å². The molecule has 1 atom stereocenters. The number of hydrogen-bond acceptors (Lipinski definition) is 4. The molecular formula is C24H31F3N4O2. The van der Waals surface area contributed by atoms with Crippen LogP contribution in [-0.2, 0) is 18.3 Å². The molecule has 2 aromatic rings. The summed E-state index contributed by atoms with van der Waals surface area (Å²) >= 11 is 0. The van der Waals surface area contributed by atoms with E-state index in [-0.39, 0.29) is 18.6 Å². The van der Waals surface area contributed by atoms with Crippen molar-refractivity contribution in [3.8, 4) is 5.75 Å². The Morgan fingerprint density at radius 1 is 1.18 bits per heavy atom. The van der Waals surface area contributed by atoms with Crippen molar-refractivity contribution >= 4 is 5.91 Å². The first-order valence-corrected chi connectivity index (χ1v) is 11.2. The number of rotatable bonds is 3. The minimum Gasteiger partial charge on any atom is -0.491 e. The summed E-state index contributed by atoms with van der Waals surface area (Å²) in [7, 11) is 0. The van der Waals surface area contributed by atoms with Crippen LogP contribution in [0.2, 0.25) is 0 Å². The Morgan fingerprint density at radius 2 is 1.85 bits per heavy atom. The topological polar surface area (TPSA) is 72.5 Å². The van der Waals surface area contributed by atoms with Gasteiger partial charge in [-0.3, -0.25) is 10.1 Å². The number of piperidine rings is 1. The SMILES string of the molecule is Cc1cc(C(=O)N2CCC3(CC2)N[C@](C)(N)Cn2c(C(F)(F)F)ccc23)ccc1OC(C)C. The normalized spacial score (nSPS) is 22.5. The molecule has 1 aromatic heterocycles. The highest BCUT2D eigenvalue weighted by molar-refractivity contribution is 5.94. The number of fused-ring (bicyclic) bond motifs is 2. The lowest BCUT2D eigenvalue weighted by molar-refractivity contribution is -0.144. The first kappa shape index (κ1) is 23.6. The Hall–Kier alpha value is -2.52. The largest absolute Gasteiger partial charge is 0.491 e. The Balaban J connectivity index is 1.55. The van der Waals surface area contributed by atoms with E-state index in [0.717, 1.165) is 17.4 Å². The number of aryl methyl sites for hydroxylation is 1. The molecule has 4 rings (SSSR count). The molecule has 180 valence electrons. The van der Waals surface area contributed by atoms with Gasteiger partial charge in [-0.15, -0.1) is 0 Å². The summed E-state index contributed by atoms with van der Waals surface area (Å²) in [5, 5.41) is 3.40. The van der Waals surface area contributed by atoms with Crippen molar-refractivity contribution in [2.24, 2.45) is 5.73 Å². The lowest BCUT2D eigenvalue weighted by Gasteiger charge is -2.51. The third-order valence-electron chi connectivity index (χ3n) is 6.46. The molecule has 2 aliphatic rings. The molecule has 6 nitrogen and oxygen atoms in total. The van der Waals surface area contributed by atoms with Crippen molar-refractivity contribution < 1.29 is 22.7 Å². The van der Waals surface area contributed by atoms with E-state index in [1.165, 1.54) is 4.57 Å². The van der Waals surface area contributed by atoms with Crippen molar-refractivity contribution in [1.82, 2.24) is 14.8 Å². The standard InChI is InChI=1S/C24H31F3N4O2/c1-15(2)33-18-6-5-17(13-16(18)3)21(32)30-11-9-23(10-12-30)19-7-8-20(24(25,26)27)31(19)14-22(4,28)29-23/h5-8,13,15,29H,9-12,14,28H2,1-4H3/t22-/m0/s1. The fourth-order valence-corrected chi connectivity index (χ4v) is 5.11. The van der Waals surface area contributed by atoms with Crippen LogP contribution >= 0.6 is 0 Å². The van der Waals surface area contributed by atoms with E-state index in [1.54, 1.807) is 24.0 Å². The second-order valence-corrected chi connectivity index (χ2v) is 9.75. The lowest BCUT2D eigenvalue weighted by atomic mass is 9.81.